The van der Waals surface area contributed by atoms with Crippen LogP contribution in [0, 0.1) is 17.8 Å². The van der Waals surface area contributed by atoms with E-state index in [0.29, 0.717) is 12.8 Å². The number of carbonyl (C=O) groups is 1. The van der Waals surface area contributed by atoms with Crippen molar-refractivity contribution in [3.63, 3.8) is 0 Å². The summed E-state index contributed by atoms with van der Waals surface area (Å²) in [5, 5.41) is 0. The minimum atomic E-state index is -3.94. The predicted molar refractivity (Wildman–Crippen MR) is 112 cm³/mol. The maximum atomic E-state index is 13.0. The molecule has 12 heteroatoms. The minimum Gasteiger partial charge on any atom is -0.463 e. The van der Waals surface area contributed by atoms with E-state index >= 15 is 0 Å². The van der Waals surface area contributed by atoms with E-state index in [0.717, 1.165) is 4.57 Å². The smallest absolute Gasteiger partial charge is 0.463 e. The fraction of sp³-hybridized carbons (Fsp3) is 0.650. The zero-order valence-corrected chi connectivity index (χ0v) is 19.0. The number of nitrogens with zero attached hydrogens (tertiary/aromatic N) is 1. The number of ether oxygens (including phenoxy) is 2. The number of H-pyrrole nitrogens is 1. The summed E-state index contributed by atoms with van der Waals surface area (Å²) < 4.78 is 41.4. The second kappa shape index (κ2) is 9.73. The van der Waals surface area contributed by atoms with Crippen LogP contribution in [0.3, 0.4) is 0 Å². The molecule has 0 bridgehead atoms. The molecule has 0 radical (unpaired) electrons. The van der Waals surface area contributed by atoms with Crippen LogP contribution < -0.4 is 11.2 Å². The molecule has 11 nitrogen and oxygen atoms in total. The number of phosphoric acid groups is 1. The van der Waals surface area contributed by atoms with Gasteiger partial charge >= 0.3 is 19.5 Å². The monoisotopic (exact) mass is 470 g/mol. The van der Waals surface area contributed by atoms with Crippen LogP contribution in [0.2, 0.25) is 0 Å². The van der Waals surface area contributed by atoms with Crippen LogP contribution >= 0.6 is 7.82 Å². The van der Waals surface area contributed by atoms with Crippen molar-refractivity contribution < 1.29 is 32.4 Å². The van der Waals surface area contributed by atoms with Gasteiger partial charge in [0.05, 0.1) is 19.3 Å². The van der Waals surface area contributed by atoms with Gasteiger partial charge in [-0.05, 0) is 33.6 Å². The van der Waals surface area contributed by atoms with E-state index in [9.17, 15) is 18.9 Å². The van der Waals surface area contributed by atoms with Crippen molar-refractivity contribution >= 4 is 13.8 Å². The Balaban J connectivity index is 1.63. The Morgan fingerprint density at radius 2 is 2.19 bits per heavy atom. The van der Waals surface area contributed by atoms with Gasteiger partial charge in [0.2, 0.25) is 0 Å². The maximum Gasteiger partial charge on any atom is 0.475 e. The molecule has 1 aromatic rings. The first kappa shape index (κ1) is 24.4. The number of esters is 1. The highest BCUT2D eigenvalue weighted by atomic mass is 31.2. The molecule has 1 aromatic heterocycles. The molecule has 1 N–H and O–H groups in total. The first-order valence-electron chi connectivity index (χ1n) is 10.3. The van der Waals surface area contributed by atoms with Crippen molar-refractivity contribution in [2.45, 2.75) is 64.6 Å². The molecule has 3 rings (SSSR count). The topological polar surface area (TPSA) is 135 Å². The van der Waals surface area contributed by atoms with E-state index in [1.807, 2.05) is 0 Å². The van der Waals surface area contributed by atoms with Gasteiger partial charge in [-0.2, -0.15) is 0 Å². The van der Waals surface area contributed by atoms with Gasteiger partial charge in [0.25, 0.3) is 5.56 Å². The van der Waals surface area contributed by atoms with Crippen LogP contribution in [0.5, 0.6) is 0 Å². The van der Waals surface area contributed by atoms with E-state index in [1.165, 1.54) is 12.3 Å². The quantitative estimate of drug-likeness (QED) is 0.261. The summed E-state index contributed by atoms with van der Waals surface area (Å²) >= 11 is 0. The summed E-state index contributed by atoms with van der Waals surface area (Å²) in [4.78, 5) is 37.3. The molecule has 176 valence electrons. The molecule has 2 saturated heterocycles. The minimum absolute atomic E-state index is 0.0417. The second-order valence-electron chi connectivity index (χ2n) is 8.07. The Hall–Kier alpha value is -2.22. The number of aromatic nitrogens is 2. The van der Waals surface area contributed by atoms with Crippen LogP contribution in [0.1, 0.15) is 46.3 Å². The first-order chi connectivity index (χ1) is 15.1. The van der Waals surface area contributed by atoms with Gasteiger partial charge in [-0.25, -0.2) is 9.36 Å². The number of hydrogen-bond donors (Lipinski definition) is 1. The molecule has 2 aliphatic rings. The third-order valence-electron chi connectivity index (χ3n) is 5.19. The largest absolute Gasteiger partial charge is 0.475 e. The molecular formula is C20H27N2O9P. The molecule has 32 heavy (non-hydrogen) atoms. The number of unbranched alkanes of at least 4 members (excludes halogenated alkanes) is 1. The molecule has 2 aliphatic heterocycles. The Labute approximate surface area is 185 Å². The standard InChI is InChI=1S/C20H27N2O9P/c1-5-20(4)17-14(30-18(20)22-10-9-15(23)21-19(22)25)12-28-32(26,31-17)27-11-7-6-8-16(24)29-13(2)3/h1,9-10,13-14,17-18H,6-8,11-12H2,2-4H3,(H,21,23,25)/t14-,17-,18-,20-,32+/m1/s1. The summed E-state index contributed by atoms with van der Waals surface area (Å²) in [5.74, 6) is 2.28. The molecule has 2 fully saturated rings. The van der Waals surface area contributed by atoms with E-state index in [1.54, 1.807) is 20.8 Å². The number of carbonyl (C=O) groups excluding carboxylic acids is 1. The second-order valence-corrected chi connectivity index (χ2v) is 9.69. The lowest BCUT2D eigenvalue weighted by Crippen LogP contribution is -2.43. The van der Waals surface area contributed by atoms with Crippen LogP contribution in [0.4, 0.5) is 0 Å². The molecule has 0 saturated carbocycles. The van der Waals surface area contributed by atoms with Gasteiger partial charge < -0.3 is 9.47 Å². The van der Waals surface area contributed by atoms with Crippen molar-refractivity contribution in [3.8, 4) is 12.3 Å². The van der Waals surface area contributed by atoms with Crippen molar-refractivity contribution in [1.29, 1.82) is 0 Å². The highest BCUT2D eigenvalue weighted by Crippen LogP contribution is 2.60. The summed E-state index contributed by atoms with van der Waals surface area (Å²) in [6, 6.07) is 1.17. The number of hydrogen-bond acceptors (Lipinski definition) is 9. The van der Waals surface area contributed by atoms with Crippen molar-refractivity contribution in [3.05, 3.63) is 33.1 Å². The van der Waals surface area contributed by atoms with E-state index in [2.05, 4.69) is 10.9 Å². The van der Waals surface area contributed by atoms with Crippen molar-refractivity contribution in [2.24, 2.45) is 5.41 Å². The van der Waals surface area contributed by atoms with Gasteiger partial charge in [0, 0.05) is 18.7 Å². The lowest BCUT2D eigenvalue weighted by molar-refractivity contribution is -0.147. The molecule has 0 unspecified atom stereocenters. The van der Waals surface area contributed by atoms with Gasteiger partial charge in [-0.15, -0.1) is 6.42 Å². The highest BCUT2D eigenvalue weighted by Gasteiger charge is 2.60. The van der Waals surface area contributed by atoms with E-state index in [-0.39, 0.29) is 31.7 Å². The first-order valence-corrected chi connectivity index (χ1v) is 11.8. The Morgan fingerprint density at radius 1 is 1.44 bits per heavy atom. The molecular weight excluding hydrogens is 443 g/mol. The Bertz CT molecular complexity index is 1040. The molecule has 0 aromatic carbocycles. The Kier molecular flexibility index (Phi) is 7.43. The summed E-state index contributed by atoms with van der Waals surface area (Å²) in [6.45, 7) is 5.10. The van der Waals surface area contributed by atoms with Crippen LogP contribution in [-0.2, 0) is 32.4 Å². The third kappa shape index (κ3) is 5.22. The average Bonchev–Trinajstić information content (AvgIpc) is 2.99. The van der Waals surface area contributed by atoms with Crippen LogP contribution in [-0.4, -0.2) is 47.0 Å². The van der Waals surface area contributed by atoms with Crippen LogP contribution in [0.15, 0.2) is 21.9 Å². The third-order valence-corrected chi connectivity index (χ3v) is 6.64. The highest BCUT2D eigenvalue weighted by molar-refractivity contribution is 7.48. The van der Waals surface area contributed by atoms with Gasteiger partial charge in [0.15, 0.2) is 6.23 Å². The van der Waals surface area contributed by atoms with E-state index in [4.69, 9.17) is 29.5 Å². The predicted octanol–water partition coefficient (Wildman–Crippen LogP) is 1.74. The lowest BCUT2D eigenvalue weighted by atomic mass is 9.83. The SMILES string of the molecule is C#C[C@]1(C)[C@@H]2O[P@@](=O)(OCCCCC(=O)OC(C)C)OC[C@H]2O[C@H]1n1ccc(=O)[nH]c1=O. The van der Waals surface area contributed by atoms with Gasteiger partial charge in [0.1, 0.15) is 17.6 Å². The number of terminal acetylenes is 1. The van der Waals surface area contributed by atoms with Crippen molar-refractivity contribution in [2.75, 3.05) is 13.2 Å². The van der Waals surface area contributed by atoms with Crippen LogP contribution in [0.25, 0.3) is 0 Å². The number of aromatic amines is 1. The average molecular weight is 470 g/mol. The molecule has 0 spiro atoms. The number of rotatable bonds is 8. The maximum absolute atomic E-state index is 13.0. The summed E-state index contributed by atoms with van der Waals surface area (Å²) in [7, 11) is -3.94. The molecule has 5 atom stereocenters. The lowest BCUT2D eigenvalue weighted by Gasteiger charge is -2.35. The van der Waals surface area contributed by atoms with Crippen molar-refractivity contribution in [1.82, 2.24) is 9.55 Å². The Morgan fingerprint density at radius 3 is 2.84 bits per heavy atom. The fourth-order valence-corrected chi connectivity index (χ4v) is 5.11. The summed E-state index contributed by atoms with van der Waals surface area (Å²) in [6.07, 6.45) is 5.45. The number of phosphoric ester groups is 1. The molecule has 3 heterocycles. The zero-order chi connectivity index (χ0) is 23.5. The fourth-order valence-electron chi connectivity index (χ4n) is 3.60. The number of fused-ring (bicyclic) bond motifs is 1. The van der Waals surface area contributed by atoms with E-state index < -0.39 is 42.9 Å². The zero-order valence-electron chi connectivity index (χ0n) is 18.1. The van der Waals surface area contributed by atoms with Gasteiger partial charge in [-0.1, -0.05) is 5.92 Å². The number of nitrogens with one attached hydrogen (secondary N) is 1. The molecule has 0 amide bonds. The summed E-state index contributed by atoms with van der Waals surface area (Å²) in [5.41, 5.74) is -2.45. The normalized spacial score (nSPS) is 31.8. The van der Waals surface area contributed by atoms with Gasteiger partial charge in [-0.3, -0.25) is 32.7 Å². The molecule has 0 aliphatic carbocycles.